The highest BCUT2D eigenvalue weighted by Gasteiger charge is 2.36. The Labute approximate surface area is 124 Å². The number of carbonyl (C=O) groups is 3. The standard InChI is InChI=1S/C14H24N2O5/c1-14(2,3)21-13(20)16-9-5-6-10(16)12(19)15-8-4-7-11(17)18/h10H,4-9H2,1-3H3,(H,15,19)(H,17,18)/p-1/t10-/m1/s1. The molecule has 1 aliphatic heterocycles. The van der Waals surface area contributed by atoms with Crippen molar-refractivity contribution < 1.29 is 24.2 Å². The lowest BCUT2D eigenvalue weighted by molar-refractivity contribution is -0.305. The number of carboxylic acids is 1. The summed E-state index contributed by atoms with van der Waals surface area (Å²) < 4.78 is 5.28. The lowest BCUT2D eigenvalue weighted by Gasteiger charge is -2.28. The third-order valence-electron chi connectivity index (χ3n) is 3.04. The molecule has 1 heterocycles. The average Bonchev–Trinajstić information content (AvgIpc) is 2.81. The molecular weight excluding hydrogens is 276 g/mol. The molecule has 0 aromatic carbocycles. The van der Waals surface area contributed by atoms with Crippen molar-refractivity contribution in [1.82, 2.24) is 10.2 Å². The van der Waals surface area contributed by atoms with Crippen LogP contribution in [-0.2, 0) is 14.3 Å². The molecule has 1 N–H and O–H groups in total. The third kappa shape index (κ3) is 6.01. The monoisotopic (exact) mass is 299 g/mol. The second-order valence-electron chi connectivity index (χ2n) is 6.10. The first-order valence-corrected chi connectivity index (χ1v) is 7.18. The van der Waals surface area contributed by atoms with E-state index in [9.17, 15) is 19.5 Å². The number of carbonyl (C=O) groups excluding carboxylic acids is 3. The van der Waals surface area contributed by atoms with Gasteiger partial charge >= 0.3 is 6.09 Å². The molecule has 2 amide bonds. The zero-order valence-electron chi connectivity index (χ0n) is 12.8. The van der Waals surface area contributed by atoms with Crippen molar-refractivity contribution in [2.45, 2.75) is 58.1 Å². The van der Waals surface area contributed by atoms with Crippen molar-refractivity contribution in [3.63, 3.8) is 0 Å². The van der Waals surface area contributed by atoms with E-state index in [0.29, 0.717) is 19.4 Å². The second kappa shape index (κ2) is 7.28. The van der Waals surface area contributed by atoms with Gasteiger partial charge in [0.1, 0.15) is 11.6 Å². The number of aliphatic carboxylic acids is 1. The lowest BCUT2D eigenvalue weighted by atomic mass is 10.2. The highest BCUT2D eigenvalue weighted by atomic mass is 16.6. The first-order chi connectivity index (χ1) is 9.70. The minimum Gasteiger partial charge on any atom is -0.550 e. The molecule has 1 aliphatic rings. The van der Waals surface area contributed by atoms with E-state index < -0.39 is 23.7 Å². The molecule has 0 radical (unpaired) electrons. The van der Waals surface area contributed by atoms with E-state index in [4.69, 9.17) is 4.74 Å². The molecule has 1 saturated heterocycles. The fourth-order valence-corrected chi connectivity index (χ4v) is 2.14. The van der Waals surface area contributed by atoms with Gasteiger partial charge in [0.2, 0.25) is 5.91 Å². The summed E-state index contributed by atoms with van der Waals surface area (Å²) in [6, 6.07) is -0.539. The molecule has 0 saturated carbocycles. The van der Waals surface area contributed by atoms with Crippen LogP contribution in [-0.4, -0.2) is 47.6 Å². The predicted octanol–water partition coefficient (Wildman–Crippen LogP) is 0.0322. The summed E-state index contributed by atoms with van der Waals surface area (Å²) in [5, 5.41) is 12.9. The Balaban J connectivity index is 2.46. The SMILES string of the molecule is CC(C)(C)OC(=O)N1CCC[C@@H]1C(=O)NCCCC(=O)[O-]. The molecule has 1 rings (SSSR count). The van der Waals surface area contributed by atoms with Crippen molar-refractivity contribution in [3.05, 3.63) is 0 Å². The van der Waals surface area contributed by atoms with Crippen molar-refractivity contribution >= 4 is 18.0 Å². The fourth-order valence-electron chi connectivity index (χ4n) is 2.14. The van der Waals surface area contributed by atoms with Gasteiger partial charge in [0, 0.05) is 19.1 Å². The Morgan fingerprint density at radius 2 is 2.00 bits per heavy atom. The average molecular weight is 299 g/mol. The van der Waals surface area contributed by atoms with Crippen molar-refractivity contribution in [2.75, 3.05) is 13.1 Å². The van der Waals surface area contributed by atoms with Crippen molar-refractivity contribution in [2.24, 2.45) is 0 Å². The van der Waals surface area contributed by atoms with Crippen LogP contribution in [0.25, 0.3) is 0 Å². The first kappa shape index (κ1) is 17.3. The van der Waals surface area contributed by atoms with Gasteiger partial charge in [-0.05, 0) is 46.5 Å². The van der Waals surface area contributed by atoms with Crippen LogP contribution in [0.1, 0.15) is 46.5 Å². The Morgan fingerprint density at radius 3 is 2.57 bits per heavy atom. The molecule has 0 spiro atoms. The molecule has 0 aromatic heterocycles. The predicted molar refractivity (Wildman–Crippen MR) is 73.2 cm³/mol. The van der Waals surface area contributed by atoms with E-state index in [1.165, 1.54) is 4.90 Å². The molecule has 0 aliphatic carbocycles. The summed E-state index contributed by atoms with van der Waals surface area (Å²) in [5.41, 5.74) is -0.602. The van der Waals surface area contributed by atoms with Crippen molar-refractivity contribution in [3.8, 4) is 0 Å². The van der Waals surface area contributed by atoms with E-state index in [0.717, 1.165) is 6.42 Å². The van der Waals surface area contributed by atoms with E-state index in [-0.39, 0.29) is 18.9 Å². The Kier molecular flexibility index (Phi) is 5.99. The zero-order chi connectivity index (χ0) is 16.0. The number of nitrogens with one attached hydrogen (secondary N) is 1. The fraction of sp³-hybridized carbons (Fsp3) is 0.786. The molecule has 1 fully saturated rings. The molecule has 120 valence electrons. The van der Waals surface area contributed by atoms with Gasteiger partial charge in [-0.25, -0.2) is 4.79 Å². The largest absolute Gasteiger partial charge is 0.550 e. The molecule has 7 heteroatoms. The maximum absolute atomic E-state index is 12.0. The van der Waals surface area contributed by atoms with Gasteiger partial charge < -0.3 is 20.0 Å². The topological polar surface area (TPSA) is 98.8 Å². The van der Waals surface area contributed by atoms with Crippen LogP contribution in [0.3, 0.4) is 0 Å². The van der Waals surface area contributed by atoms with Crippen LogP contribution in [0.4, 0.5) is 4.79 Å². The van der Waals surface area contributed by atoms with Gasteiger partial charge in [-0.15, -0.1) is 0 Å². The van der Waals surface area contributed by atoms with Crippen LogP contribution < -0.4 is 10.4 Å². The van der Waals surface area contributed by atoms with Crippen LogP contribution in [0.15, 0.2) is 0 Å². The van der Waals surface area contributed by atoms with Gasteiger partial charge in [0.15, 0.2) is 0 Å². The minimum atomic E-state index is -1.14. The maximum atomic E-state index is 12.0. The van der Waals surface area contributed by atoms with Crippen LogP contribution in [0.2, 0.25) is 0 Å². The Bertz CT molecular complexity index is 403. The number of amides is 2. The van der Waals surface area contributed by atoms with E-state index in [2.05, 4.69) is 5.32 Å². The van der Waals surface area contributed by atoms with E-state index in [1.807, 2.05) is 0 Å². The molecule has 0 unspecified atom stereocenters. The summed E-state index contributed by atoms with van der Waals surface area (Å²) in [6.45, 7) is 6.07. The lowest BCUT2D eigenvalue weighted by Crippen LogP contribution is -2.47. The Morgan fingerprint density at radius 1 is 1.33 bits per heavy atom. The molecule has 1 atom stereocenters. The maximum Gasteiger partial charge on any atom is 0.410 e. The highest BCUT2D eigenvalue weighted by Crippen LogP contribution is 2.20. The van der Waals surface area contributed by atoms with Gasteiger partial charge in [-0.1, -0.05) is 0 Å². The number of likely N-dealkylation sites (tertiary alicyclic amines) is 1. The second-order valence-corrected chi connectivity index (χ2v) is 6.10. The number of rotatable bonds is 5. The van der Waals surface area contributed by atoms with Gasteiger partial charge in [-0.2, -0.15) is 0 Å². The highest BCUT2D eigenvalue weighted by molar-refractivity contribution is 5.86. The normalized spacial score (nSPS) is 18.4. The first-order valence-electron chi connectivity index (χ1n) is 7.18. The molecule has 7 nitrogen and oxygen atoms in total. The quantitative estimate of drug-likeness (QED) is 0.722. The van der Waals surface area contributed by atoms with Crippen LogP contribution >= 0.6 is 0 Å². The molecule has 21 heavy (non-hydrogen) atoms. The van der Waals surface area contributed by atoms with E-state index in [1.54, 1.807) is 20.8 Å². The van der Waals surface area contributed by atoms with Crippen molar-refractivity contribution in [1.29, 1.82) is 0 Å². The molecule has 0 aromatic rings. The molecule has 0 bridgehead atoms. The number of nitrogens with zero attached hydrogens (tertiary/aromatic N) is 1. The van der Waals surface area contributed by atoms with Crippen LogP contribution in [0, 0.1) is 0 Å². The van der Waals surface area contributed by atoms with Gasteiger partial charge in [0.25, 0.3) is 0 Å². The summed E-state index contributed by atoms with van der Waals surface area (Å²) >= 11 is 0. The molecular formula is C14H23N2O5-. The number of hydrogen-bond donors (Lipinski definition) is 1. The third-order valence-corrected chi connectivity index (χ3v) is 3.04. The Hall–Kier alpha value is -1.79. The van der Waals surface area contributed by atoms with Gasteiger partial charge in [0.05, 0.1) is 0 Å². The summed E-state index contributed by atoms with van der Waals surface area (Å²) in [4.78, 5) is 35.8. The summed E-state index contributed by atoms with van der Waals surface area (Å²) in [6.07, 6.45) is 1.06. The smallest absolute Gasteiger partial charge is 0.410 e. The van der Waals surface area contributed by atoms with Crippen LogP contribution in [0.5, 0.6) is 0 Å². The summed E-state index contributed by atoms with van der Waals surface area (Å²) in [7, 11) is 0. The number of hydrogen-bond acceptors (Lipinski definition) is 5. The number of carboxylic acid groups (broad SMARTS) is 1. The van der Waals surface area contributed by atoms with E-state index >= 15 is 0 Å². The minimum absolute atomic E-state index is 0.0965. The number of ether oxygens (including phenoxy) is 1. The van der Waals surface area contributed by atoms with Gasteiger partial charge in [-0.3, -0.25) is 9.69 Å². The zero-order valence-corrected chi connectivity index (χ0v) is 12.8. The summed E-state index contributed by atoms with van der Waals surface area (Å²) in [5.74, 6) is -1.41.